The number of hydrogen-bond donors (Lipinski definition) is 2. The van der Waals surface area contributed by atoms with Gasteiger partial charge in [-0.2, -0.15) is 0 Å². The van der Waals surface area contributed by atoms with Crippen LogP contribution in [0.25, 0.3) is 0 Å². The van der Waals surface area contributed by atoms with E-state index in [9.17, 15) is 4.79 Å². The number of anilines is 1. The van der Waals surface area contributed by atoms with E-state index in [1.54, 1.807) is 18.2 Å². The molecule has 21 heavy (non-hydrogen) atoms. The first-order valence-corrected chi connectivity index (χ1v) is 8.12. The number of carbonyl (C=O) groups is 1. The molecule has 1 aromatic carbocycles. The Bertz CT molecular complexity index is 538. The molecule has 2 atom stereocenters. The van der Waals surface area contributed by atoms with Crippen LogP contribution in [0.5, 0.6) is 0 Å². The Hall–Kier alpha value is -1.11. The molecule has 1 amide bonds. The monoisotopic (exact) mass is 353 g/mol. The highest BCUT2D eigenvalue weighted by atomic mass is 79.9. The van der Waals surface area contributed by atoms with Crippen molar-refractivity contribution in [1.29, 1.82) is 0 Å². The second kappa shape index (κ2) is 6.34. The summed E-state index contributed by atoms with van der Waals surface area (Å²) in [4.78, 5) is 14.7. The van der Waals surface area contributed by atoms with Crippen LogP contribution >= 0.6 is 15.9 Å². The number of hydrogen-bond acceptors (Lipinski definition) is 4. The van der Waals surface area contributed by atoms with Crippen LogP contribution < -0.4 is 11.1 Å². The van der Waals surface area contributed by atoms with Gasteiger partial charge in [0.05, 0.1) is 22.7 Å². The topological polar surface area (TPSA) is 67.6 Å². The quantitative estimate of drug-likeness (QED) is 0.810. The molecule has 0 aliphatic carbocycles. The van der Waals surface area contributed by atoms with Crippen molar-refractivity contribution < 1.29 is 9.53 Å². The Kier molecular flexibility index (Phi) is 4.47. The number of halogens is 1. The van der Waals surface area contributed by atoms with Crippen LogP contribution in [0.3, 0.4) is 0 Å². The van der Waals surface area contributed by atoms with Crippen LogP contribution in [0.2, 0.25) is 0 Å². The lowest BCUT2D eigenvalue weighted by Crippen LogP contribution is -2.50. The van der Waals surface area contributed by atoms with E-state index in [1.165, 1.54) is 12.8 Å². The smallest absolute Gasteiger partial charge is 0.252 e. The minimum Gasteiger partial charge on any atom is -0.398 e. The Morgan fingerprint density at radius 2 is 2.38 bits per heavy atom. The van der Waals surface area contributed by atoms with Gasteiger partial charge in [-0.05, 0) is 47.4 Å². The predicted octanol–water partition coefficient (Wildman–Crippen LogP) is 1.62. The van der Waals surface area contributed by atoms with E-state index < -0.39 is 0 Å². The van der Waals surface area contributed by atoms with Crippen molar-refractivity contribution in [3.05, 3.63) is 28.2 Å². The lowest BCUT2D eigenvalue weighted by Gasteiger charge is -2.35. The van der Waals surface area contributed by atoms with E-state index in [-0.39, 0.29) is 12.0 Å². The van der Waals surface area contributed by atoms with Gasteiger partial charge in [0.15, 0.2) is 0 Å². The minimum atomic E-state index is -0.124. The number of nitrogens with zero attached hydrogens (tertiary/aromatic N) is 1. The lowest BCUT2D eigenvalue weighted by molar-refractivity contribution is -0.0461. The molecule has 0 aromatic heterocycles. The van der Waals surface area contributed by atoms with Gasteiger partial charge in [-0.25, -0.2) is 0 Å². The van der Waals surface area contributed by atoms with Crippen LogP contribution in [-0.4, -0.2) is 49.2 Å². The average Bonchev–Trinajstić information content (AvgIpc) is 2.95. The Balaban J connectivity index is 1.55. The van der Waals surface area contributed by atoms with E-state index in [4.69, 9.17) is 10.5 Å². The number of nitrogens with one attached hydrogen (secondary N) is 1. The highest BCUT2D eigenvalue weighted by Gasteiger charge is 2.32. The predicted molar refractivity (Wildman–Crippen MR) is 85.2 cm³/mol. The third kappa shape index (κ3) is 3.22. The molecule has 1 aromatic rings. The fourth-order valence-electron chi connectivity index (χ4n) is 3.04. The van der Waals surface area contributed by atoms with Crippen molar-refractivity contribution in [2.75, 3.05) is 32.0 Å². The first kappa shape index (κ1) is 14.8. The van der Waals surface area contributed by atoms with Gasteiger partial charge < -0.3 is 15.8 Å². The molecule has 114 valence electrons. The van der Waals surface area contributed by atoms with Crippen molar-refractivity contribution in [2.45, 2.75) is 25.0 Å². The summed E-state index contributed by atoms with van der Waals surface area (Å²) in [5.41, 5.74) is 6.92. The third-order valence-corrected chi connectivity index (χ3v) is 5.11. The number of benzene rings is 1. The minimum absolute atomic E-state index is 0.0723. The molecule has 3 N–H and O–H groups in total. The summed E-state index contributed by atoms with van der Waals surface area (Å²) in [6.45, 7) is 3.37. The van der Waals surface area contributed by atoms with Gasteiger partial charge in [-0.3, -0.25) is 9.69 Å². The van der Waals surface area contributed by atoms with Crippen molar-refractivity contribution in [1.82, 2.24) is 10.2 Å². The molecule has 2 unspecified atom stereocenters. The molecular formula is C15H20BrN3O2. The van der Waals surface area contributed by atoms with Crippen molar-refractivity contribution in [3.8, 4) is 0 Å². The largest absolute Gasteiger partial charge is 0.398 e. The van der Waals surface area contributed by atoms with E-state index in [0.29, 0.717) is 28.3 Å². The van der Waals surface area contributed by atoms with Crippen LogP contribution in [0, 0.1) is 0 Å². The summed E-state index contributed by atoms with van der Waals surface area (Å²) in [6, 6.07) is 5.88. The van der Waals surface area contributed by atoms with E-state index >= 15 is 0 Å². The standard InChI is InChI=1S/C15H20BrN3O2/c16-14-12(4-1-5-13(14)17)15(20)18-7-11-8-19-6-2-3-10(19)9-21-11/h1,4-5,10-11H,2-3,6-9,17H2,(H,18,20). The number of nitrogen functional groups attached to an aromatic ring is 1. The number of nitrogens with two attached hydrogens (primary N) is 1. The normalized spacial score (nSPS) is 25.6. The molecule has 3 rings (SSSR count). The summed E-state index contributed by atoms with van der Waals surface area (Å²) in [5.74, 6) is -0.124. The first-order valence-electron chi connectivity index (χ1n) is 7.33. The van der Waals surface area contributed by atoms with Crippen molar-refractivity contribution >= 4 is 27.5 Å². The summed E-state index contributed by atoms with van der Waals surface area (Å²) in [7, 11) is 0. The van der Waals surface area contributed by atoms with Crippen molar-refractivity contribution in [2.24, 2.45) is 0 Å². The van der Waals surface area contributed by atoms with Crippen LogP contribution in [0.15, 0.2) is 22.7 Å². The van der Waals surface area contributed by atoms with Gasteiger partial charge in [-0.1, -0.05) is 6.07 Å². The lowest BCUT2D eigenvalue weighted by atomic mass is 10.1. The Morgan fingerprint density at radius 3 is 3.24 bits per heavy atom. The highest BCUT2D eigenvalue weighted by Crippen LogP contribution is 2.24. The summed E-state index contributed by atoms with van der Waals surface area (Å²) >= 11 is 3.36. The molecule has 2 aliphatic heterocycles. The molecule has 2 saturated heterocycles. The van der Waals surface area contributed by atoms with Gasteiger partial charge in [0.2, 0.25) is 0 Å². The SMILES string of the molecule is Nc1cccc(C(=O)NCC2CN3CCCC3CO2)c1Br. The summed E-state index contributed by atoms with van der Waals surface area (Å²) in [6.07, 6.45) is 2.56. The van der Waals surface area contributed by atoms with E-state index in [0.717, 1.165) is 19.7 Å². The molecular weight excluding hydrogens is 334 g/mol. The Morgan fingerprint density at radius 1 is 1.52 bits per heavy atom. The van der Waals surface area contributed by atoms with Gasteiger partial charge in [0.25, 0.3) is 5.91 Å². The van der Waals surface area contributed by atoms with Gasteiger partial charge in [0, 0.05) is 24.8 Å². The van der Waals surface area contributed by atoms with Gasteiger partial charge in [-0.15, -0.1) is 0 Å². The summed E-state index contributed by atoms with van der Waals surface area (Å²) in [5, 5.41) is 2.94. The van der Waals surface area contributed by atoms with E-state index in [2.05, 4.69) is 26.1 Å². The molecule has 2 aliphatic rings. The first-order chi connectivity index (χ1) is 10.1. The van der Waals surface area contributed by atoms with E-state index in [1.807, 2.05) is 0 Å². The van der Waals surface area contributed by atoms with Crippen molar-refractivity contribution in [3.63, 3.8) is 0 Å². The zero-order valence-electron chi connectivity index (χ0n) is 11.8. The fourth-order valence-corrected chi connectivity index (χ4v) is 3.48. The highest BCUT2D eigenvalue weighted by molar-refractivity contribution is 9.10. The molecule has 0 radical (unpaired) electrons. The van der Waals surface area contributed by atoms with Gasteiger partial charge in [0.1, 0.15) is 0 Å². The van der Waals surface area contributed by atoms with Crippen LogP contribution in [0.1, 0.15) is 23.2 Å². The third-order valence-electron chi connectivity index (χ3n) is 4.23. The molecule has 0 bridgehead atoms. The van der Waals surface area contributed by atoms with Gasteiger partial charge >= 0.3 is 0 Å². The number of morpholine rings is 1. The zero-order chi connectivity index (χ0) is 14.8. The van der Waals surface area contributed by atoms with Crippen LogP contribution in [0.4, 0.5) is 5.69 Å². The molecule has 5 nitrogen and oxygen atoms in total. The second-order valence-electron chi connectivity index (χ2n) is 5.67. The molecule has 2 fully saturated rings. The number of ether oxygens (including phenoxy) is 1. The maximum absolute atomic E-state index is 12.2. The number of carbonyl (C=O) groups excluding carboxylic acids is 1. The molecule has 2 heterocycles. The maximum atomic E-state index is 12.2. The number of fused-ring (bicyclic) bond motifs is 1. The summed E-state index contributed by atoms with van der Waals surface area (Å²) < 4.78 is 6.48. The second-order valence-corrected chi connectivity index (χ2v) is 6.46. The number of rotatable bonds is 3. The Labute approximate surface area is 132 Å². The number of amides is 1. The zero-order valence-corrected chi connectivity index (χ0v) is 13.4. The fraction of sp³-hybridized carbons (Fsp3) is 0.533. The maximum Gasteiger partial charge on any atom is 0.252 e. The molecule has 0 spiro atoms. The van der Waals surface area contributed by atoms with Crippen LogP contribution in [-0.2, 0) is 4.74 Å². The molecule has 6 heteroatoms. The average molecular weight is 354 g/mol. The molecule has 0 saturated carbocycles.